The molecule has 4 atom stereocenters. The number of carbonyl (C=O) groups is 2. The van der Waals surface area contributed by atoms with E-state index in [0.717, 1.165) is 44.4 Å². The molecule has 0 N–H and O–H groups in total. The monoisotopic (exact) mass is 945 g/mol. The lowest BCUT2D eigenvalue weighted by Gasteiger charge is -2.38. The molecular formula is C54H118F6O4. The van der Waals surface area contributed by atoms with Crippen LogP contribution in [0.5, 0.6) is 0 Å². The van der Waals surface area contributed by atoms with Gasteiger partial charge in [-0.05, 0) is 120 Å². The van der Waals surface area contributed by atoms with Gasteiger partial charge in [0.2, 0.25) is 0 Å². The van der Waals surface area contributed by atoms with Crippen molar-refractivity contribution in [3.05, 3.63) is 0 Å². The summed E-state index contributed by atoms with van der Waals surface area (Å²) in [5.74, 6) is 1.14. The molecule has 64 heavy (non-hydrogen) atoms. The van der Waals surface area contributed by atoms with Gasteiger partial charge in [-0.15, -0.1) is 0 Å². The Bertz CT molecular complexity index is 1090. The highest BCUT2D eigenvalue weighted by atomic mass is 19.4. The standard InChI is InChI=1S/C16H27F3O2.C11H22.C10H17F3O2.C9H20.8CH4/c1-6-15(5,16(17,18)19)13(20)21-12-9-7-11(8-10-12)14(2,3)4;1-3-10(2)9-11-7-5-4-6-8-11;1-6-9(5,10(11,12)13)7(14)15-8(2,3)4;1-6-8(2)7-9(3,4)5;;;;;;;;/h11-12H,6-10H2,1-5H3;10-11H,3-9H2,1-2H3;6H2,1-5H3;8H,6-7H2,1-5H3;8*1H4. The van der Waals surface area contributed by atoms with E-state index in [2.05, 4.69) is 69.2 Å². The maximum atomic E-state index is 13.0. The Morgan fingerprint density at radius 2 is 0.891 bits per heavy atom. The molecule has 10 heteroatoms. The van der Waals surface area contributed by atoms with Gasteiger partial charge in [-0.2, -0.15) is 26.3 Å². The number of esters is 2. The number of rotatable bonds is 10. The molecule has 0 radical (unpaired) electrons. The lowest BCUT2D eigenvalue weighted by atomic mass is 9.72. The number of hydrogen-bond acceptors (Lipinski definition) is 4. The number of carbonyl (C=O) groups excluding carboxylic acids is 2. The normalized spacial score (nSPS) is 19.1. The third-order valence-corrected chi connectivity index (χ3v) is 12.0. The third kappa shape index (κ3) is 33.1. The lowest BCUT2D eigenvalue weighted by molar-refractivity contribution is -0.236. The van der Waals surface area contributed by atoms with E-state index >= 15 is 0 Å². The second-order valence-corrected chi connectivity index (χ2v) is 20.6. The van der Waals surface area contributed by atoms with Crippen molar-refractivity contribution in [2.75, 3.05) is 0 Å². The SMILES string of the molecule is C.C.C.C.C.C.C.C.CCC(C)(C(=O)OC(C)(C)C)C(F)(F)F.CCC(C)(C(=O)OC1CCC(C(C)(C)C)CC1)C(F)(F)F.CCC(C)CC(C)(C)C.CCC(C)CC1CCCCC1. The van der Waals surface area contributed by atoms with E-state index in [9.17, 15) is 35.9 Å². The van der Waals surface area contributed by atoms with Crippen LogP contribution in [0.25, 0.3) is 0 Å². The molecule has 2 aliphatic carbocycles. The Kier molecular flexibility index (Phi) is 49.0. The first kappa shape index (κ1) is 85.8. The summed E-state index contributed by atoms with van der Waals surface area (Å²) in [4.78, 5) is 23.4. The second kappa shape index (κ2) is 36.5. The fraction of sp³-hybridized carbons (Fsp3) is 0.963. The summed E-state index contributed by atoms with van der Waals surface area (Å²) in [6, 6.07) is 0. The van der Waals surface area contributed by atoms with E-state index in [1.54, 1.807) is 0 Å². The minimum Gasteiger partial charge on any atom is -0.462 e. The van der Waals surface area contributed by atoms with Gasteiger partial charge in [-0.1, -0.05) is 187 Å². The van der Waals surface area contributed by atoms with Crippen LogP contribution in [0.4, 0.5) is 26.3 Å². The Morgan fingerprint density at radius 3 is 1.16 bits per heavy atom. The van der Waals surface area contributed by atoms with Crippen molar-refractivity contribution in [1.29, 1.82) is 0 Å². The van der Waals surface area contributed by atoms with Gasteiger partial charge in [-0.25, -0.2) is 0 Å². The van der Waals surface area contributed by atoms with Gasteiger partial charge in [0.25, 0.3) is 0 Å². The Balaban J connectivity index is -0.0000000761. The van der Waals surface area contributed by atoms with Gasteiger partial charge in [0.15, 0.2) is 10.8 Å². The predicted octanol–water partition coefficient (Wildman–Crippen LogP) is 21.0. The molecule has 0 amide bonds. The molecule has 0 spiro atoms. The minimum absolute atomic E-state index is 0. The van der Waals surface area contributed by atoms with Crippen LogP contribution in [0, 0.1) is 45.3 Å². The highest BCUT2D eigenvalue weighted by Crippen LogP contribution is 2.44. The number of ether oxygens (including phenoxy) is 2. The zero-order chi connectivity index (χ0) is 44.6. The molecule has 4 unspecified atom stereocenters. The van der Waals surface area contributed by atoms with Crippen molar-refractivity contribution in [3.8, 4) is 0 Å². The van der Waals surface area contributed by atoms with Gasteiger partial charge in [0.1, 0.15) is 11.7 Å². The van der Waals surface area contributed by atoms with Gasteiger partial charge in [-0.3, -0.25) is 9.59 Å². The summed E-state index contributed by atoms with van der Waals surface area (Å²) in [7, 11) is 0. The summed E-state index contributed by atoms with van der Waals surface area (Å²) in [5.41, 5.74) is -5.00. The Labute approximate surface area is 399 Å². The zero-order valence-corrected chi connectivity index (χ0v) is 38.9. The van der Waals surface area contributed by atoms with Gasteiger partial charge in [0.05, 0.1) is 0 Å². The smallest absolute Gasteiger partial charge is 0.404 e. The number of hydrogen-bond donors (Lipinski definition) is 0. The van der Waals surface area contributed by atoms with Gasteiger partial charge < -0.3 is 9.47 Å². The molecule has 2 fully saturated rings. The third-order valence-electron chi connectivity index (χ3n) is 12.0. The minimum atomic E-state index is -4.58. The van der Waals surface area contributed by atoms with Crippen molar-refractivity contribution in [2.24, 2.45) is 45.3 Å². The first-order valence-corrected chi connectivity index (χ1v) is 21.7. The highest BCUT2D eigenvalue weighted by molar-refractivity contribution is 5.78. The van der Waals surface area contributed by atoms with Crippen LogP contribution < -0.4 is 0 Å². The number of alkyl halides is 6. The molecule has 0 aromatic heterocycles. The second-order valence-electron chi connectivity index (χ2n) is 20.6. The average Bonchev–Trinajstić information content (AvgIpc) is 3.06. The Hall–Kier alpha value is -1.48. The summed E-state index contributed by atoms with van der Waals surface area (Å²) in [5, 5.41) is 0. The van der Waals surface area contributed by atoms with Crippen molar-refractivity contribution in [2.45, 2.75) is 297 Å². The molecule has 0 saturated heterocycles. The summed E-state index contributed by atoms with van der Waals surface area (Å²) in [6.45, 7) is 31.8. The van der Waals surface area contributed by atoms with Crippen molar-refractivity contribution >= 4 is 11.9 Å². The van der Waals surface area contributed by atoms with E-state index in [1.165, 1.54) is 92.4 Å². The van der Waals surface area contributed by atoms with Gasteiger partial charge >= 0.3 is 24.3 Å². The molecule has 0 aromatic rings. The molecule has 2 aliphatic rings. The predicted molar refractivity (Wildman–Crippen MR) is 274 cm³/mol. The number of halogens is 6. The van der Waals surface area contributed by atoms with E-state index in [4.69, 9.17) is 9.47 Å². The highest BCUT2D eigenvalue weighted by Gasteiger charge is 2.58. The first-order valence-electron chi connectivity index (χ1n) is 21.7. The average molecular weight is 946 g/mol. The molecule has 0 aliphatic heterocycles. The molecule has 2 saturated carbocycles. The van der Waals surface area contributed by atoms with Crippen LogP contribution in [0.15, 0.2) is 0 Å². The molecule has 0 aromatic carbocycles. The summed E-state index contributed by atoms with van der Waals surface area (Å²) >= 11 is 0. The maximum absolute atomic E-state index is 13.0. The van der Waals surface area contributed by atoms with E-state index in [0.29, 0.717) is 24.2 Å². The lowest BCUT2D eigenvalue weighted by Crippen LogP contribution is -2.45. The van der Waals surface area contributed by atoms with E-state index < -0.39 is 40.7 Å². The summed E-state index contributed by atoms with van der Waals surface area (Å²) < 4.78 is 86.9. The molecule has 400 valence electrons. The van der Waals surface area contributed by atoms with Crippen molar-refractivity contribution in [1.82, 2.24) is 0 Å². The molecule has 4 nitrogen and oxygen atoms in total. The molecule has 0 heterocycles. The van der Waals surface area contributed by atoms with Crippen molar-refractivity contribution in [3.63, 3.8) is 0 Å². The molecule has 2 rings (SSSR count). The van der Waals surface area contributed by atoms with Crippen LogP contribution in [0.1, 0.15) is 273 Å². The molecular weight excluding hydrogens is 827 g/mol. The maximum Gasteiger partial charge on any atom is 0.404 e. The topological polar surface area (TPSA) is 52.6 Å². The van der Waals surface area contributed by atoms with Crippen LogP contribution >= 0.6 is 0 Å². The zero-order valence-electron chi connectivity index (χ0n) is 38.9. The quantitative estimate of drug-likeness (QED) is 0.162. The van der Waals surface area contributed by atoms with Crippen LogP contribution in [0.3, 0.4) is 0 Å². The Morgan fingerprint density at radius 1 is 0.531 bits per heavy atom. The molecule has 0 bridgehead atoms. The largest absolute Gasteiger partial charge is 0.462 e. The summed E-state index contributed by atoms with van der Waals surface area (Å²) in [6.07, 6.45) is 6.04. The van der Waals surface area contributed by atoms with Crippen LogP contribution in [0.2, 0.25) is 0 Å². The van der Waals surface area contributed by atoms with Crippen LogP contribution in [-0.4, -0.2) is 36.0 Å². The van der Waals surface area contributed by atoms with Gasteiger partial charge in [0, 0.05) is 0 Å². The first-order chi connectivity index (χ1) is 25.1. The van der Waals surface area contributed by atoms with Crippen LogP contribution in [-0.2, 0) is 19.1 Å². The fourth-order valence-electron chi connectivity index (χ4n) is 6.99. The fourth-order valence-corrected chi connectivity index (χ4v) is 6.99. The van der Waals surface area contributed by atoms with Crippen molar-refractivity contribution < 1.29 is 45.4 Å². The van der Waals surface area contributed by atoms with E-state index in [-0.39, 0.29) is 83.8 Å². The van der Waals surface area contributed by atoms with E-state index in [1.807, 2.05) is 0 Å².